The van der Waals surface area contributed by atoms with Gasteiger partial charge >= 0.3 is 5.97 Å². The van der Waals surface area contributed by atoms with Gasteiger partial charge in [0.25, 0.3) is 0 Å². The zero-order chi connectivity index (χ0) is 16.2. The lowest BCUT2D eigenvalue weighted by molar-refractivity contribution is -0.132. The molecule has 4 heteroatoms. The van der Waals surface area contributed by atoms with Gasteiger partial charge in [0.2, 0.25) is 0 Å². The van der Waals surface area contributed by atoms with E-state index >= 15 is 0 Å². The molecule has 0 saturated carbocycles. The summed E-state index contributed by atoms with van der Waals surface area (Å²) >= 11 is 0. The second-order valence-electron chi connectivity index (χ2n) is 4.36. The largest absolute Gasteiger partial charge is 0.477 e. The third-order valence-corrected chi connectivity index (χ3v) is 2.62. The minimum Gasteiger partial charge on any atom is -0.477 e. The predicted molar refractivity (Wildman–Crippen MR) is 83.8 cm³/mol. The van der Waals surface area contributed by atoms with Crippen LogP contribution in [0, 0.1) is 11.3 Å². The lowest BCUT2D eigenvalue weighted by Gasteiger charge is -2.03. The van der Waals surface area contributed by atoms with E-state index in [1.54, 1.807) is 0 Å². The van der Waals surface area contributed by atoms with Gasteiger partial charge in [-0.25, -0.2) is 4.79 Å². The van der Waals surface area contributed by atoms with Crippen molar-refractivity contribution in [3.8, 4) is 6.07 Å². The molecule has 112 valence electrons. The summed E-state index contributed by atoms with van der Waals surface area (Å²) in [5, 5.41) is 15.6. The fourth-order valence-corrected chi connectivity index (χ4v) is 1.48. The summed E-state index contributed by atoms with van der Waals surface area (Å²) in [4.78, 5) is 9.61. The van der Waals surface area contributed by atoms with Gasteiger partial charge in [-0.15, -0.1) is 0 Å². The fourth-order valence-electron chi connectivity index (χ4n) is 1.48. The van der Waals surface area contributed by atoms with Crippen LogP contribution in [0.2, 0.25) is 0 Å². The summed E-state index contributed by atoms with van der Waals surface area (Å²) in [6.07, 6.45) is 0. The highest BCUT2D eigenvalue weighted by atomic mass is 16.5. The van der Waals surface area contributed by atoms with Crippen molar-refractivity contribution in [2.24, 2.45) is 0 Å². The summed E-state index contributed by atoms with van der Waals surface area (Å²) < 4.78 is 5.61. The Morgan fingerprint density at radius 1 is 1.00 bits per heavy atom. The smallest absolute Gasteiger partial charge is 0.345 e. The monoisotopic (exact) mass is 295 g/mol. The number of carboxylic acid groups (broad SMARTS) is 1. The summed E-state index contributed by atoms with van der Waals surface area (Å²) in [7, 11) is 0. The van der Waals surface area contributed by atoms with E-state index in [2.05, 4.69) is 30.8 Å². The number of hydrogen-bond acceptors (Lipinski definition) is 3. The van der Waals surface area contributed by atoms with E-state index in [0.717, 1.165) is 0 Å². The van der Waals surface area contributed by atoms with E-state index in [1.807, 2.05) is 36.4 Å². The number of carboxylic acids is 1. The first kappa shape index (κ1) is 17.2. The van der Waals surface area contributed by atoms with E-state index in [9.17, 15) is 4.79 Å². The number of aliphatic carboxylic acids is 1. The highest BCUT2D eigenvalue weighted by molar-refractivity contribution is 5.90. The molecule has 0 aliphatic carbocycles. The lowest BCUT2D eigenvalue weighted by atomic mass is 10.2. The topological polar surface area (TPSA) is 70.3 Å². The SMILES string of the molecule is C=C(C#N)C(=O)O.c1ccc(COCc2ccccc2)cc1. The van der Waals surface area contributed by atoms with Crippen LogP contribution in [-0.4, -0.2) is 11.1 Å². The van der Waals surface area contributed by atoms with E-state index in [0.29, 0.717) is 13.2 Å². The van der Waals surface area contributed by atoms with Crippen molar-refractivity contribution in [3.05, 3.63) is 83.9 Å². The van der Waals surface area contributed by atoms with Gasteiger partial charge in [0.15, 0.2) is 0 Å². The number of nitrogens with zero attached hydrogens (tertiary/aromatic N) is 1. The van der Waals surface area contributed by atoms with Crippen LogP contribution >= 0.6 is 0 Å². The molecule has 4 nitrogen and oxygen atoms in total. The van der Waals surface area contributed by atoms with Gasteiger partial charge in [0.1, 0.15) is 11.6 Å². The van der Waals surface area contributed by atoms with Gasteiger partial charge in [-0.1, -0.05) is 67.2 Å². The zero-order valence-electron chi connectivity index (χ0n) is 12.1. The molecule has 0 aliphatic heterocycles. The lowest BCUT2D eigenvalue weighted by Crippen LogP contribution is -1.94. The van der Waals surface area contributed by atoms with Crippen LogP contribution in [-0.2, 0) is 22.7 Å². The van der Waals surface area contributed by atoms with Crippen molar-refractivity contribution in [1.29, 1.82) is 5.26 Å². The Labute approximate surface area is 129 Å². The van der Waals surface area contributed by atoms with Crippen molar-refractivity contribution in [1.82, 2.24) is 0 Å². The third kappa shape index (κ3) is 7.04. The molecule has 0 atom stereocenters. The molecule has 2 aromatic carbocycles. The standard InChI is InChI=1S/C14H14O.C4H3NO2/c1-3-7-13(8-4-1)11-15-12-14-9-5-2-6-10-14;1-3(2-5)4(6)7/h1-10H,11-12H2;1H2,(H,6,7). The van der Waals surface area contributed by atoms with Crippen molar-refractivity contribution in [2.45, 2.75) is 13.2 Å². The molecular formula is C18H17NO3. The molecule has 0 bridgehead atoms. The summed E-state index contributed by atoms with van der Waals surface area (Å²) in [5.41, 5.74) is 2.00. The highest BCUT2D eigenvalue weighted by Crippen LogP contribution is 2.05. The molecule has 0 aromatic heterocycles. The van der Waals surface area contributed by atoms with Crippen LogP contribution in [0.25, 0.3) is 0 Å². The average Bonchev–Trinajstić information content (AvgIpc) is 2.56. The molecule has 2 rings (SSSR count). The molecular weight excluding hydrogens is 278 g/mol. The van der Waals surface area contributed by atoms with Crippen LogP contribution in [0.5, 0.6) is 0 Å². The van der Waals surface area contributed by atoms with Gasteiger partial charge in [0.05, 0.1) is 13.2 Å². The number of rotatable bonds is 5. The van der Waals surface area contributed by atoms with Gasteiger partial charge in [-0.05, 0) is 11.1 Å². The van der Waals surface area contributed by atoms with Crippen LogP contribution in [0.4, 0.5) is 0 Å². The molecule has 0 aliphatic rings. The molecule has 0 spiro atoms. The maximum atomic E-state index is 9.61. The van der Waals surface area contributed by atoms with Gasteiger partial charge < -0.3 is 9.84 Å². The number of ether oxygens (including phenoxy) is 1. The van der Waals surface area contributed by atoms with Crippen LogP contribution < -0.4 is 0 Å². The minimum atomic E-state index is -1.26. The number of nitriles is 1. The van der Waals surface area contributed by atoms with Crippen LogP contribution in [0.15, 0.2) is 72.8 Å². The average molecular weight is 295 g/mol. The Morgan fingerprint density at radius 2 is 1.41 bits per heavy atom. The maximum absolute atomic E-state index is 9.61. The predicted octanol–water partition coefficient (Wildman–Crippen LogP) is 3.55. The summed E-state index contributed by atoms with van der Waals surface area (Å²) in [6, 6.07) is 21.8. The minimum absolute atomic E-state index is 0.431. The fraction of sp³-hybridized carbons (Fsp3) is 0.111. The first-order valence-electron chi connectivity index (χ1n) is 6.61. The Balaban J connectivity index is 0.000000295. The first-order chi connectivity index (χ1) is 10.6. The molecule has 0 heterocycles. The third-order valence-electron chi connectivity index (χ3n) is 2.62. The quantitative estimate of drug-likeness (QED) is 0.676. The Morgan fingerprint density at radius 3 is 1.68 bits per heavy atom. The Bertz CT molecular complexity index is 591. The highest BCUT2D eigenvalue weighted by Gasteiger charge is 1.97. The van der Waals surface area contributed by atoms with Crippen molar-refractivity contribution < 1.29 is 14.6 Å². The summed E-state index contributed by atoms with van der Waals surface area (Å²) in [5.74, 6) is -1.26. The molecule has 1 N–H and O–H groups in total. The molecule has 22 heavy (non-hydrogen) atoms. The van der Waals surface area contributed by atoms with E-state index in [4.69, 9.17) is 15.1 Å². The second kappa shape index (κ2) is 9.92. The molecule has 0 unspecified atom stereocenters. The normalized spacial score (nSPS) is 9.05. The maximum Gasteiger partial charge on any atom is 0.345 e. The summed E-state index contributed by atoms with van der Waals surface area (Å²) in [6.45, 7) is 4.26. The number of benzene rings is 2. The van der Waals surface area contributed by atoms with Crippen LogP contribution in [0.3, 0.4) is 0 Å². The molecule has 0 amide bonds. The van der Waals surface area contributed by atoms with Gasteiger partial charge in [0, 0.05) is 0 Å². The first-order valence-corrected chi connectivity index (χ1v) is 6.61. The van der Waals surface area contributed by atoms with Crippen molar-refractivity contribution in [3.63, 3.8) is 0 Å². The van der Waals surface area contributed by atoms with E-state index < -0.39 is 11.5 Å². The van der Waals surface area contributed by atoms with E-state index in [-0.39, 0.29) is 0 Å². The van der Waals surface area contributed by atoms with Gasteiger partial charge in [-0.3, -0.25) is 0 Å². The molecule has 2 aromatic rings. The molecule has 0 fully saturated rings. The van der Waals surface area contributed by atoms with Crippen LogP contribution in [0.1, 0.15) is 11.1 Å². The number of hydrogen-bond donors (Lipinski definition) is 1. The zero-order valence-corrected chi connectivity index (χ0v) is 12.1. The Hall–Kier alpha value is -2.90. The number of carbonyl (C=O) groups is 1. The Kier molecular flexibility index (Phi) is 7.73. The molecule has 0 radical (unpaired) electrons. The second-order valence-corrected chi connectivity index (χ2v) is 4.36. The van der Waals surface area contributed by atoms with Crippen molar-refractivity contribution >= 4 is 5.97 Å². The van der Waals surface area contributed by atoms with Gasteiger partial charge in [-0.2, -0.15) is 5.26 Å². The van der Waals surface area contributed by atoms with E-state index in [1.165, 1.54) is 17.2 Å². The van der Waals surface area contributed by atoms with Crippen molar-refractivity contribution in [2.75, 3.05) is 0 Å². The molecule has 0 saturated heterocycles.